The van der Waals surface area contributed by atoms with Gasteiger partial charge in [0, 0.05) is 23.9 Å². The van der Waals surface area contributed by atoms with E-state index in [1.165, 1.54) is 12.1 Å². The summed E-state index contributed by atoms with van der Waals surface area (Å²) in [6.45, 7) is 6.83. The van der Waals surface area contributed by atoms with Crippen LogP contribution in [0.3, 0.4) is 0 Å². The summed E-state index contributed by atoms with van der Waals surface area (Å²) in [6.07, 6.45) is 3.46. The molecular formula is C15H19F2N3. The predicted octanol–water partition coefficient (Wildman–Crippen LogP) is 3.19. The Hall–Kier alpha value is -1.75. The maximum absolute atomic E-state index is 14.3. The van der Waals surface area contributed by atoms with E-state index in [1.807, 2.05) is 20.0 Å². The van der Waals surface area contributed by atoms with Gasteiger partial charge in [0.25, 0.3) is 0 Å². The Morgan fingerprint density at radius 3 is 2.65 bits per heavy atom. The maximum Gasteiger partial charge on any atom is 0.134 e. The molecule has 0 amide bonds. The molecule has 5 heteroatoms. The van der Waals surface area contributed by atoms with Crippen molar-refractivity contribution in [3.8, 4) is 0 Å². The third kappa shape index (κ3) is 2.72. The summed E-state index contributed by atoms with van der Waals surface area (Å²) in [5.41, 5.74) is 1.26. The number of hydrogen-bond acceptors (Lipinski definition) is 2. The zero-order valence-corrected chi connectivity index (χ0v) is 12.0. The molecule has 0 aliphatic heterocycles. The Kier molecular flexibility index (Phi) is 4.49. The van der Waals surface area contributed by atoms with Crippen LogP contribution in [0.15, 0.2) is 24.5 Å². The van der Waals surface area contributed by atoms with Gasteiger partial charge in [-0.15, -0.1) is 0 Å². The zero-order valence-electron chi connectivity index (χ0n) is 12.0. The van der Waals surface area contributed by atoms with Crippen LogP contribution in [0.25, 0.3) is 0 Å². The first-order chi connectivity index (χ1) is 9.58. The fourth-order valence-corrected chi connectivity index (χ4v) is 2.24. The molecule has 1 atom stereocenters. The van der Waals surface area contributed by atoms with Gasteiger partial charge in [0.2, 0.25) is 0 Å². The SMILES string of the molecule is CCNC(c1cnn(CC)c1)c1c(F)ccc(C)c1F. The largest absolute Gasteiger partial charge is 0.306 e. The van der Waals surface area contributed by atoms with Gasteiger partial charge in [-0.25, -0.2) is 8.78 Å². The summed E-state index contributed by atoms with van der Waals surface area (Å²) in [4.78, 5) is 0. The van der Waals surface area contributed by atoms with Crippen LogP contribution < -0.4 is 5.32 Å². The number of hydrogen-bond donors (Lipinski definition) is 1. The minimum atomic E-state index is -0.539. The molecule has 2 rings (SSSR count). The smallest absolute Gasteiger partial charge is 0.134 e. The highest BCUT2D eigenvalue weighted by Crippen LogP contribution is 2.28. The van der Waals surface area contributed by atoms with E-state index < -0.39 is 17.7 Å². The Morgan fingerprint density at radius 1 is 1.30 bits per heavy atom. The number of nitrogens with one attached hydrogen (secondary N) is 1. The van der Waals surface area contributed by atoms with Gasteiger partial charge in [-0.2, -0.15) is 5.10 Å². The summed E-state index contributed by atoms with van der Waals surface area (Å²) in [6, 6.07) is 2.23. The average Bonchev–Trinajstić information content (AvgIpc) is 2.91. The molecule has 0 fully saturated rings. The number of halogens is 2. The molecule has 0 aliphatic carbocycles. The van der Waals surface area contributed by atoms with Crippen LogP contribution in [0.2, 0.25) is 0 Å². The van der Waals surface area contributed by atoms with Crippen LogP contribution in [0, 0.1) is 18.6 Å². The molecule has 1 unspecified atom stereocenters. The minimum absolute atomic E-state index is 0.0579. The van der Waals surface area contributed by atoms with Gasteiger partial charge in [0.05, 0.1) is 12.2 Å². The van der Waals surface area contributed by atoms with Crippen LogP contribution in [-0.4, -0.2) is 16.3 Å². The van der Waals surface area contributed by atoms with Crippen molar-refractivity contribution in [1.82, 2.24) is 15.1 Å². The van der Waals surface area contributed by atoms with Gasteiger partial charge in [-0.05, 0) is 32.0 Å². The van der Waals surface area contributed by atoms with Crippen molar-refractivity contribution in [2.75, 3.05) is 6.54 Å². The van der Waals surface area contributed by atoms with Crippen LogP contribution in [0.5, 0.6) is 0 Å². The van der Waals surface area contributed by atoms with Gasteiger partial charge in [0.15, 0.2) is 0 Å². The fourth-order valence-electron chi connectivity index (χ4n) is 2.24. The lowest BCUT2D eigenvalue weighted by atomic mass is 9.98. The molecule has 1 N–H and O–H groups in total. The molecule has 1 aromatic heterocycles. The van der Waals surface area contributed by atoms with Gasteiger partial charge in [-0.3, -0.25) is 4.68 Å². The molecule has 2 aromatic rings. The minimum Gasteiger partial charge on any atom is -0.306 e. The Bertz CT molecular complexity index is 593. The lowest BCUT2D eigenvalue weighted by Crippen LogP contribution is -2.24. The summed E-state index contributed by atoms with van der Waals surface area (Å²) in [5, 5.41) is 7.31. The van der Waals surface area contributed by atoms with E-state index in [4.69, 9.17) is 0 Å². The number of nitrogens with zero attached hydrogens (tertiary/aromatic N) is 2. The molecule has 0 saturated heterocycles. The number of aromatic nitrogens is 2. The second kappa shape index (κ2) is 6.13. The maximum atomic E-state index is 14.3. The van der Waals surface area contributed by atoms with Crippen LogP contribution in [-0.2, 0) is 6.54 Å². The summed E-state index contributed by atoms with van der Waals surface area (Å²) >= 11 is 0. The highest BCUT2D eigenvalue weighted by molar-refractivity contribution is 5.35. The Morgan fingerprint density at radius 2 is 2.05 bits per heavy atom. The average molecular weight is 279 g/mol. The molecule has 0 radical (unpaired) electrons. The van der Waals surface area contributed by atoms with Crippen molar-refractivity contribution in [3.63, 3.8) is 0 Å². The number of benzene rings is 1. The molecule has 0 aliphatic rings. The Balaban J connectivity index is 2.51. The summed E-state index contributed by atoms with van der Waals surface area (Å²) < 4.78 is 30.1. The van der Waals surface area contributed by atoms with Crippen molar-refractivity contribution in [3.05, 3.63) is 52.9 Å². The highest BCUT2D eigenvalue weighted by atomic mass is 19.1. The van der Waals surface area contributed by atoms with Gasteiger partial charge in [-0.1, -0.05) is 13.0 Å². The monoisotopic (exact) mass is 279 g/mol. The first kappa shape index (κ1) is 14.7. The van der Waals surface area contributed by atoms with Crippen molar-refractivity contribution in [1.29, 1.82) is 0 Å². The van der Waals surface area contributed by atoms with E-state index in [-0.39, 0.29) is 5.56 Å². The van der Waals surface area contributed by atoms with Gasteiger partial charge < -0.3 is 5.32 Å². The number of aryl methyl sites for hydroxylation is 2. The molecule has 1 heterocycles. The van der Waals surface area contributed by atoms with Crippen LogP contribution in [0.4, 0.5) is 8.78 Å². The zero-order chi connectivity index (χ0) is 14.7. The van der Waals surface area contributed by atoms with Crippen molar-refractivity contribution in [2.24, 2.45) is 0 Å². The highest BCUT2D eigenvalue weighted by Gasteiger charge is 2.23. The molecule has 3 nitrogen and oxygen atoms in total. The van der Waals surface area contributed by atoms with Crippen molar-refractivity contribution < 1.29 is 8.78 Å². The summed E-state index contributed by atoms with van der Waals surface area (Å²) in [7, 11) is 0. The van der Waals surface area contributed by atoms with Crippen LogP contribution in [0.1, 0.15) is 36.6 Å². The lowest BCUT2D eigenvalue weighted by Gasteiger charge is -2.19. The number of rotatable bonds is 5. The normalized spacial score (nSPS) is 12.7. The second-order valence-corrected chi connectivity index (χ2v) is 4.71. The van der Waals surface area contributed by atoms with E-state index in [0.717, 1.165) is 12.1 Å². The van der Waals surface area contributed by atoms with E-state index >= 15 is 0 Å². The third-order valence-corrected chi connectivity index (χ3v) is 3.33. The second-order valence-electron chi connectivity index (χ2n) is 4.71. The summed E-state index contributed by atoms with van der Waals surface area (Å²) in [5.74, 6) is -1.04. The van der Waals surface area contributed by atoms with Gasteiger partial charge in [0.1, 0.15) is 11.6 Å². The quantitative estimate of drug-likeness (QED) is 0.911. The first-order valence-corrected chi connectivity index (χ1v) is 6.78. The van der Waals surface area contributed by atoms with E-state index in [0.29, 0.717) is 12.1 Å². The topological polar surface area (TPSA) is 29.9 Å². The van der Waals surface area contributed by atoms with E-state index in [9.17, 15) is 8.78 Å². The molecule has 108 valence electrons. The van der Waals surface area contributed by atoms with Crippen molar-refractivity contribution in [2.45, 2.75) is 33.4 Å². The molecule has 1 aromatic carbocycles. The molecular weight excluding hydrogens is 260 g/mol. The molecule has 0 saturated carbocycles. The first-order valence-electron chi connectivity index (χ1n) is 6.78. The standard InChI is InChI=1S/C15H19F2N3/c1-4-18-15(11-8-19-20(5-2)9-11)13-12(16)7-6-10(3)14(13)17/h6-9,15,18H,4-5H2,1-3H3. The van der Waals surface area contributed by atoms with Crippen molar-refractivity contribution >= 4 is 0 Å². The van der Waals surface area contributed by atoms with Gasteiger partial charge >= 0.3 is 0 Å². The predicted molar refractivity (Wildman–Crippen MR) is 74.5 cm³/mol. The third-order valence-electron chi connectivity index (χ3n) is 3.33. The lowest BCUT2D eigenvalue weighted by molar-refractivity contribution is 0.506. The Labute approximate surface area is 117 Å². The van der Waals surface area contributed by atoms with Crippen LogP contribution >= 0.6 is 0 Å². The van der Waals surface area contributed by atoms with E-state index in [1.54, 1.807) is 17.8 Å². The molecule has 0 spiro atoms. The molecule has 20 heavy (non-hydrogen) atoms. The fraction of sp³-hybridized carbons (Fsp3) is 0.400. The molecule has 0 bridgehead atoms. The van der Waals surface area contributed by atoms with E-state index in [2.05, 4.69) is 10.4 Å².